The standard InChI is InChI=1S/C16H34Cl4N10O4P6/c17-35(18)23-37(27-39(25-35)31-13-5-14-32-39)21-7-3-11-29(37)9-1-2-10-30-12-4-8-22-38(30)24-36(19,20)26-40(28-38)33-15-6-16-34-40/h21-22H,1-16H2. The second-order valence-electron chi connectivity index (χ2n) is 9.74. The molecule has 2 atom stereocenters. The Morgan fingerprint density at radius 2 is 0.950 bits per heavy atom. The van der Waals surface area contributed by atoms with Gasteiger partial charge in [-0.25, -0.2) is 9.34 Å². The van der Waals surface area contributed by atoms with Gasteiger partial charge in [0.2, 0.25) is 15.0 Å². The van der Waals surface area contributed by atoms with Crippen LogP contribution in [-0.4, -0.2) is 75.0 Å². The number of halogens is 4. The van der Waals surface area contributed by atoms with E-state index in [0.29, 0.717) is 26.4 Å². The summed E-state index contributed by atoms with van der Waals surface area (Å²) in [5.41, 5.74) is 0. The van der Waals surface area contributed by atoms with Crippen molar-refractivity contribution < 1.29 is 18.1 Å². The number of rotatable bonds is 5. The summed E-state index contributed by atoms with van der Waals surface area (Å²) in [7, 11) is -11.0. The first-order valence-corrected chi connectivity index (χ1v) is 26.6. The van der Waals surface area contributed by atoms with Crippen LogP contribution in [0.1, 0.15) is 38.5 Å². The van der Waals surface area contributed by atoms with Crippen LogP contribution in [0, 0.1) is 0 Å². The first-order valence-electron chi connectivity index (χ1n) is 13.3. The minimum atomic E-state index is -3.00. The lowest BCUT2D eigenvalue weighted by atomic mass is 10.3. The van der Waals surface area contributed by atoms with E-state index in [9.17, 15) is 0 Å². The largest absolute Gasteiger partial charge is 0.345 e. The van der Waals surface area contributed by atoms with Crippen molar-refractivity contribution in [2.24, 2.45) is 27.1 Å². The quantitative estimate of drug-likeness (QED) is 0.209. The predicted molar refractivity (Wildman–Crippen MR) is 170 cm³/mol. The van der Waals surface area contributed by atoms with Crippen LogP contribution in [0.4, 0.5) is 0 Å². The third kappa shape index (κ3) is 7.12. The Morgan fingerprint density at radius 3 is 1.35 bits per heavy atom. The predicted octanol–water partition coefficient (Wildman–Crippen LogP) is 9.89. The third-order valence-corrected chi connectivity index (χ3v) is 28.4. The number of hydrogen-bond donors (Lipinski definition) is 2. The van der Waals surface area contributed by atoms with Crippen molar-refractivity contribution >= 4 is 87.1 Å². The van der Waals surface area contributed by atoms with Gasteiger partial charge in [-0.2, -0.15) is 27.1 Å². The topological polar surface area (TPSA) is 142 Å². The van der Waals surface area contributed by atoms with Gasteiger partial charge in [0.1, 0.15) is 0 Å². The van der Waals surface area contributed by atoms with Crippen LogP contribution < -0.4 is 10.2 Å². The second kappa shape index (κ2) is 12.8. The van der Waals surface area contributed by atoms with Crippen molar-refractivity contribution in [3.63, 3.8) is 0 Å². The molecule has 14 nitrogen and oxygen atoms in total. The van der Waals surface area contributed by atoms with E-state index in [4.69, 9.17) is 81.1 Å². The molecule has 6 heterocycles. The first-order chi connectivity index (χ1) is 19.1. The van der Waals surface area contributed by atoms with Crippen molar-refractivity contribution in [3.05, 3.63) is 0 Å². The van der Waals surface area contributed by atoms with Crippen molar-refractivity contribution in [2.45, 2.75) is 38.5 Å². The average molecular weight is 758 g/mol. The van der Waals surface area contributed by atoms with Crippen molar-refractivity contribution in [1.82, 2.24) is 19.5 Å². The smallest absolute Gasteiger partial charge is 0.306 e. The minimum Gasteiger partial charge on any atom is -0.306 e. The highest BCUT2D eigenvalue weighted by Gasteiger charge is 2.44. The van der Waals surface area contributed by atoms with Crippen LogP contribution in [0.3, 0.4) is 0 Å². The SMILES string of the molecule is ClP1(Cl)=NP2(=NP3(=N1)OCCCO3)NCCCN2CCCCN1CCCNP12=NP1(=NP(Cl)(Cl)=N2)OCCCO1. The van der Waals surface area contributed by atoms with E-state index in [0.717, 1.165) is 77.8 Å². The summed E-state index contributed by atoms with van der Waals surface area (Å²) in [5, 5.41) is 7.11. The molecule has 24 heteroatoms. The molecule has 2 N–H and O–H groups in total. The third-order valence-electron chi connectivity index (χ3n) is 6.70. The fourth-order valence-corrected chi connectivity index (χ4v) is 30.5. The minimum absolute atomic E-state index is 0.528. The molecule has 4 spiro atoms. The molecule has 0 saturated carbocycles. The normalized spacial score (nSPS) is 36.6. The van der Waals surface area contributed by atoms with Crippen LogP contribution in [0.15, 0.2) is 27.1 Å². The molecular weight excluding hydrogens is 724 g/mol. The van der Waals surface area contributed by atoms with Crippen molar-refractivity contribution in [3.8, 4) is 0 Å². The molecule has 0 aliphatic carbocycles. The molecule has 40 heavy (non-hydrogen) atoms. The van der Waals surface area contributed by atoms with Crippen LogP contribution >= 0.6 is 87.1 Å². The Kier molecular flexibility index (Phi) is 10.3. The van der Waals surface area contributed by atoms with Crippen molar-refractivity contribution in [2.75, 3.05) is 65.7 Å². The summed E-state index contributed by atoms with van der Waals surface area (Å²) in [4.78, 5) is 0. The van der Waals surface area contributed by atoms with E-state index in [2.05, 4.69) is 28.5 Å². The van der Waals surface area contributed by atoms with Gasteiger partial charge in [-0.1, -0.05) is 0 Å². The van der Waals surface area contributed by atoms with Gasteiger partial charge in [0.15, 0.2) is 0 Å². The Balaban J connectivity index is 1.19. The van der Waals surface area contributed by atoms with E-state index >= 15 is 0 Å². The monoisotopic (exact) mass is 756 g/mol. The molecule has 4 fully saturated rings. The molecule has 4 saturated heterocycles. The zero-order valence-electron chi connectivity index (χ0n) is 21.7. The Morgan fingerprint density at radius 1 is 0.550 bits per heavy atom. The molecule has 0 radical (unpaired) electrons. The van der Waals surface area contributed by atoms with E-state index in [1.807, 2.05) is 0 Å². The maximum absolute atomic E-state index is 6.65. The number of unbranched alkanes of at least 4 members (excludes halogenated alkanes) is 1. The molecule has 2 unspecified atom stereocenters. The van der Waals surface area contributed by atoms with Crippen LogP contribution in [0.25, 0.3) is 0 Å². The summed E-state index contributed by atoms with van der Waals surface area (Å²) < 4.78 is 57.3. The average Bonchev–Trinajstić information content (AvgIpc) is 2.87. The molecule has 230 valence electrons. The maximum Gasteiger partial charge on any atom is 0.345 e. The first kappa shape index (κ1) is 32.2. The number of nitrogens with zero attached hydrogens (tertiary/aromatic N) is 8. The van der Waals surface area contributed by atoms with E-state index in [1.165, 1.54) is 0 Å². The zero-order valence-corrected chi connectivity index (χ0v) is 30.1. The molecule has 6 rings (SSSR count). The van der Waals surface area contributed by atoms with E-state index in [-0.39, 0.29) is 0 Å². The van der Waals surface area contributed by atoms with Gasteiger partial charge < -0.3 is 18.1 Å². The molecule has 6 aliphatic rings. The lowest BCUT2D eigenvalue weighted by Crippen LogP contribution is -2.37. The fourth-order valence-electron chi connectivity index (χ4n) is 5.03. The van der Waals surface area contributed by atoms with Crippen LogP contribution in [-0.2, 0) is 18.1 Å². The molecule has 6 aliphatic heterocycles. The summed E-state index contributed by atoms with van der Waals surface area (Å²) >= 11 is 26.6. The molecule has 0 amide bonds. The van der Waals surface area contributed by atoms with Gasteiger partial charge in [0, 0.05) is 39.3 Å². The van der Waals surface area contributed by atoms with Crippen LogP contribution in [0.2, 0.25) is 0 Å². The summed E-state index contributed by atoms with van der Waals surface area (Å²) in [6.45, 7) is 6.88. The van der Waals surface area contributed by atoms with Gasteiger partial charge in [0.25, 0.3) is 11.8 Å². The van der Waals surface area contributed by atoms with Crippen LogP contribution in [0.5, 0.6) is 0 Å². The zero-order chi connectivity index (χ0) is 28.0. The Labute approximate surface area is 254 Å². The van der Waals surface area contributed by atoms with Gasteiger partial charge in [-0.3, -0.25) is 10.2 Å². The molecule has 0 aromatic heterocycles. The summed E-state index contributed by atoms with van der Waals surface area (Å²) in [5.74, 6) is -5.99. The van der Waals surface area contributed by atoms with Gasteiger partial charge in [-0.05, 0) is 83.5 Å². The Hall–Kier alpha value is 2.22. The number of hydrogen-bond acceptors (Lipinski definition) is 14. The van der Waals surface area contributed by atoms with Crippen molar-refractivity contribution in [1.29, 1.82) is 0 Å². The number of nitrogens with one attached hydrogen (secondary N) is 2. The Bertz CT molecular complexity index is 1230. The summed E-state index contributed by atoms with van der Waals surface area (Å²) in [6.07, 6.45) is 5.32. The summed E-state index contributed by atoms with van der Waals surface area (Å²) in [6, 6.07) is 0. The highest BCUT2D eigenvalue weighted by atomic mass is 35.9. The lowest BCUT2D eigenvalue weighted by Gasteiger charge is -2.42. The highest BCUT2D eigenvalue weighted by molar-refractivity contribution is 8.13. The lowest BCUT2D eigenvalue weighted by molar-refractivity contribution is 0.173. The molecule has 0 aromatic carbocycles. The highest BCUT2D eigenvalue weighted by Crippen LogP contribution is 2.84. The van der Waals surface area contributed by atoms with Gasteiger partial charge in [-0.15, -0.1) is 0 Å². The maximum atomic E-state index is 6.65. The fraction of sp³-hybridized carbons (Fsp3) is 1.00. The molecular formula is C16H34Cl4N10O4P6. The molecule has 0 aromatic rings. The molecule has 0 bridgehead atoms. The van der Waals surface area contributed by atoms with Gasteiger partial charge >= 0.3 is 15.3 Å². The van der Waals surface area contributed by atoms with Gasteiger partial charge in [0.05, 0.1) is 26.4 Å². The second-order valence-corrected chi connectivity index (χ2v) is 29.6. The van der Waals surface area contributed by atoms with E-state index in [1.54, 1.807) is 0 Å². The van der Waals surface area contributed by atoms with E-state index < -0.39 is 42.2 Å².